The van der Waals surface area contributed by atoms with Gasteiger partial charge in [0.25, 0.3) is 5.91 Å². The first-order valence-corrected chi connectivity index (χ1v) is 13.6. The number of carbonyl (C=O) groups excluding carboxylic acids is 2. The Hall–Kier alpha value is -3.79. The second-order valence-corrected chi connectivity index (χ2v) is 9.28. The first kappa shape index (κ1) is 30.7. The van der Waals surface area contributed by atoms with E-state index < -0.39 is 0 Å². The summed E-state index contributed by atoms with van der Waals surface area (Å²) in [5.41, 5.74) is 2.33. The van der Waals surface area contributed by atoms with Crippen LogP contribution >= 0.6 is 0 Å². The van der Waals surface area contributed by atoms with E-state index in [-0.39, 0.29) is 19.4 Å². The molecule has 4 rings (SSSR count). The minimum Gasteiger partial charge on any atom is -0.493 e. The van der Waals surface area contributed by atoms with Crippen molar-refractivity contribution in [3.8, 4) is 17.2 Å². The van der Waals surface area contributed by atoms with Crippen molar-refractivity contribution in [2.75, 3.05) is 66.2 Å². The molecule has 0 atom stereocenters. The third-order valence-electron chi connectivity index (χ3n) is 6.73. The Labute approximate surface area is 237 Å². The highest BCUT2D eigenvalue weighted by Crippen LogP contribution is 2.29. The molecule has 2 heterocycles. The molecule has 10 heteroatoms. The SMILES string of the molecule is C.CCOC(=O)N1CCN(CCOc2ccc(C(=O)N3CCCC(c4ccc(OC)c(OCC)c4)=N3)cc2)CC1. The maximum atomic E-state index is 13.2. The molecule has 0 saturated carbocycles. The topological polar surface area (TPSA) is 93.1 Å². The van der Waals surface area contributed by atoms with Crippen molar-refractivity contribution in [2.24, 2.45) is 5.10 Å². The van der Waals surface area contributed by atoms with E-state index in [1.807, 2.05) is 44.2 Å². The molecular formula is C30H42N4O6. The molecule has 218 valence electrons. The third kappa shape index (κ3) is 7.88. The van der Waals surface area contributed by atoms with Gasteiger partial charge in [-0.25, -0.2) is 9.80 Å². The number of benzene rings is 2. The van der Waals surface area contributed by atoms with Crippen molar-refractivity contribution in [1.29, 1.82) is 0 Å². The molecule has 0 radical (unpaired) electrons. The number of hydrogen-bond acceptors (Lipinski definition) is 8. The second kappa shape index (κ2) is 15.1. The number of piperazine rings is 1. The van der Waals surface area contributed by atoms with Crippen LogP contribution in [0.1, 0.15) is 50.0 Å². The molecule has 0 bridgehead atoms. The van der Waals surface area contributed by atoms with E-state index in [0.717, 1.165) is 43.8 Å². The standard InChI is InChI=1S/C29H38N4O6.CH4/c1-4-37-27-21-23(10-13-26(27)36-3)25-7-6-14-33(30-25)28(34)22-8-11-24(12-9-22)39-20-19-31-15-17-32(18-16-31)29(35)38-5-2;/h8-13,21H,4-7,14-20H2,1-3H3;1H4. The van der Waals surface area contributed by atoms with Crippen LogP contribution in [0.15, 0.2) is 47.6 Å². The summed E-state index contributed by atoms with van der Waals surface area (Å²) in [5, 5.41) is 6.21. The molecular weight excluding hydrogens is 512 g/mol. The average molecular weight is 555 g/mol. The van der Waals surface area contributed by atoms with Crippen LogP contribution in [0.2, 0.25) is 0 Å². The maximum absolute atomic E-state index is 13.2. The van der Waals surface area contributed by atoms with E-state index in [0.29, 0.717) is 62.3 Å². The number of hydrogen-bond donors (Lipinski definition) is 0. The molecule has 1 fully saturated rings. The Bertz CT molecular complexity index is 1150. The molecule has 0 unspecified atom stereocenters. The van der Waals surface area contributed by atoms with Crippen LogP contribution in [0, 0.1) is 0 Å². The van der Waals surface area contributed by atoms with Crippen LogP contribution in [-0.2, 0) is 4.74 Å². The van der Waals surface area contributed by atoms with Crippen molar-refractivity contribution in [1.82, 2.24) is 14.8 Å². The minimum absolute atomic E-state index is 0. The average Bonchev–Trinajstić information content (AvgIpc) is 2.98. The van der Waals surface area contributed by atoms with E-state index in [9.17, 15) is 9.59 Å². The van der Waals surface area contributed by atoms with Gasteiger partial charge >= 0.3 is 6.09 Å². The van der Waals surface area contributed by atoms with Crippen molar-refractivity contribution in [2.45, 2.75) is 34.1 Å². The number of ether oxygens (including phenoxy) is 4. The molecule has 0 spiro atoms. The van der Waals surface area contributed by atoms with Gasteiger partial charge in [0, 0.05) is 50.4 Å². The fourth-order valence-electron chi connectivity index (χ4n) is 4.62. The smallest absolute Gasteiger partial charge is 0.409 e. The molecule has 2 amide bonds. The first-order chi connectivity index (χ1) is 19.0. The Morgan fingerprint density at radius 1 is 0.900 bits per heavy atom. The van der Waals surface area contributed by atoms with Crippen LogP contribution < -0.4 is 14.2 Å². The van der Waals surface area contributed by atoms with Crippen molar-refractivity contribution < 1.29 is 28.5 Å². The quantitative estimate of drug-likeness (QED) is 0.426. The summed E-state index contributed by atoms with van der Waals surface area (Å²) in [6.07, 6.45) is 1.37. The van der Waals surface area contributed by atoms with Gasteiger partial charge in [-0.15, -0.1) is 0 Å². The Balaban J connectivity index is 0.00000441. The lowest BCUT2D eigenvalue weighted by molar-refractivity contribution is 0.0749. The van der Waals surface area contributed by atoms with Crippen molar-refractivity contribution in [3.63, 3.8) is 0 Å². The van der Waals surface area contributed by atoms with Gasteiger partial charge in [0.15, 0.2) is 11.5 Å². The van der Waals surface area contributed by atoms with Gasteiger partial charge in [-0.2, -0.15) is 5.10 Å². The number of methoxy groups -OCH3 is 1. The number of rotatable bonds is 10. The summed E-state index contributed by atoms with van der Waals surface area (Å²) in [5.74, 6) is 1.90. The molecule has 40 heavy (non-hydrogen) atoms. The van der Waals surface area contributed by atoms with Crippen LogP contribution in [0.25, 0.3) is 0 Å². The highest BCUT2D eigenvalue weighted by molar-refractivity contribution is 6.03. The van der Waals surface area contributed by atoms with E-state index >= 15 is 0 Å². The lowest BCUT2D eigenvalue weighted by Crippen LogP contribution is -2.49. The summed E-state index contributed by atoms with van der Waals surface area (Å²) in [7, 11) is 1.61. The summed E-state index contributed by atoms with van der Waals surface area (Å²) in [6, 6.07) is 12.9. The zero-order valence-corrected chi connectivity index (χ0v) is 23.1. The highest BCUT2D eigenvalue weighted by atomic mass is 16.6. The Morgan fingerprint density at radius 3 is 2.33 bits per heavy atom. The maximum Gasteiger partial charge on any atom is 0.409 e. The number of hydrazone groups is 1. The summed E-state index contributed by atoms with van der Waals surface area (Å²) >= 11 is 0. The molecule has 0 aliphatic carbocycles. The lowest BCUT2D eigenvalue weighted by Gasteiger charge is -2.33. The van der Waals surface area contributed by atoms with Crippen molar-refractivity contribution in [3.05, 3.63) is 53.6 Å². The van der Waals surface area contributed by atoms with Gasteiger partial charge < -0.3 is 23.8 Å². The van der Waals surface area contributed by atoms with Crippen LogP contribution in [0.3, 0.4) is 0 Å². The van der Waals surface area contributed by atoms with E-state index in [1.165, 1.54) is 5.01 Å². The van der Waals surface area contributed by atoms with Gasteiger partial charge in [0.1, 0.15) is 12.4 Å². The number of nitrogens with zero attached hydrogens (tertiary/aromatic N) is 4. The molecule has 2 aromatic rings. The number of carbonyl (C=O) groups is 2. The highest BCUT2D eigenvalue weighted by Gasteiger charge is 2.23. The zero-order chi connectivity index (χ0) is 27.6. The number of amides is 2. The second-order valence-electron chi connectivity index (χ2n) is 9.28. The molecule has 10 nitrogen and oxygen atoms in total. The van der Waals surface area contributed by atoms with Crippen LogP contribution in [-0.4, -0.2) is 98.7 Å². The third-order valence-corrected chi connectivity index (χ3v) is 6.73. The normalized spacial score (nSPS) is 15.5. The molecule has 1 saturated heterocycles. The van der Waals surface area contributed by atoms with E-state index in [2.05, 4.69) is 10.0 Å². The molecule has 2 aliphatic rings. The zero-order valence-electron chi connectivity index (χ0n) is 23.1. The minimum atomic E-state index is -0.244. The first-order valence-electron chi connectivity index (χ1n) is 13.6. The molecule has 2 aromatic carbocycles. The fourth-order valence-corrected chi connectivity index (χ4v) is 4.62. The van der Waals surface area contributed by atoms with Crippen LogP contribution in [0.5, 0.6) is 17.2 Å². The summed E-state index contributed by atoms with van der Waals surface area (Å²) in [4.78, 5) is 29.0. The van der Waals surface area contributed by atoms with Crippen molar-refractivity contribution >= 4 is 17.7 Å². The lowest BCUT2D eigenvalue weighted by atomic mass is 10.0. The van der Waals surface area contributed by atoms with Gasteiger partial charge in [0.05, 0.1) is 26.0 Å². The summed E-state index contributed by atoms with van der Waals surface area (Å²) < 4.78 is 22.1. The molecule has 2 aliphatic heterocycles. The van der Waals surface area contributed by atoms with Gasteiger partial charge in [-0.1, -0.05) is 7.43 Å². The summed E-state index contributed by atoms with van der Waals surface area (Å²) in [6.45, 7) is 9.41. The van der Waals surface area contributed by atoms with Gasteiger partial charge in [-0.05, 0) is 69.2 Å². The largest absolute Gasteiger partial charge is 0.493 e. The Kier molecular flexibility index (Phi) is 11.6. The molecule has 0 N–H and O–H groups in total. The molecule has 0 aromatic heterocycles. The predicted octanol–water partition coefficient (Wildman–Crippen LogP) is 4.52. The van der Waals surface area contributed by atoms with Gasteiger partial charge in [-0.3, -0.25) is 9.69 Å². The monoisotopic (exact) mass is 554 g/mol. The van der Waals surface area contributed by atoms with E-state index in [1.54, 1.807) is 24.1 Å². The van der Waals surface area contributed by atoms with Gasteiger partial charge in [0.2, 0.25) is 0 Å². The Morgan fingerprint density at radius 2 is 1.65 bits per heavy atom. The van der Waals surface area contributed by atoms with Crippen LogP contribution in [0.4, 0.5) is 4.79 Å². The van der Waals surface area contributed by atoms with E-state index in [4.69, 9.17) is 18.9 Å². The predicted molar refractivity (Wildman–Crippen MR) is 155 cm³/mol. The fraction of sp³-hybridized carbons (Fsp3) is 0.500.